The van der Waals surface area contributed by atoms with Crippen LogP contribution in [-0.2, 0) is 29.9 Å². The Bertz CT molecular complexity index is 1930. The summed E-state index contributed by atoms with van der Waals surface area (Å²) < 4.78 is 46.2. The largest absolute Gasteiger partial charge is 0.493 e. The average Bonchev–Trinajstić information content (AvgIpc) is 3.72. The van der Waals surface area contributed by atoms with Crippen molar-refractivity contribution in [2.75, 3.05) is 47.5 Å². The molecule has 6 rings (SSSR count). The van der Waals surface area contributed by atoms with Gasteiger partial charge in [0.05, 0.1) is 38.6 Å². The van der Waals surface area contributed by atoms with E-state index in [-0.39, 0.29) is 17.5 Å². The maximum Gasteiger partial charge on any atom is 0.229 e. The van der Waals surface area contributed by atoms with Gasteiger partial charge < -0.3 is 33.7 Å². The molecule has 1 N–H and O–H groups in total. The molecule has 9 nitrogen and oxygen atoms in total. The second kappa shape index (κ2) is 17.0. The van der Waals surface area contributed by atoms with Crippen LogP contribution < -0.4 is 14.2 Å². The second-order valence-corrected chi connectivity index (χ2v) is 14.3. The van der Waals surface area contributed by atoms with Crippen molar-refractivity contribution in [2.45, 2.75) is 57.7 Å². The molecule has 286 valence electrons. The van der Waals surface area contributed by atoms with E-state index < -0.39 is 11.0 Å². The van der Waals surface area contributed by atoms with Gasteiger partial charge in [-0.3, -0.25) is 4.79 Å². The summed E-state index contributed by atoms with van der Waals surface area (Å²) >= 11 is 0. The molecule has 0 bridgehead atoms. The summed E-state index contributed by atoms with van der Waals surface area (Å²) in [4.78, 5) is 23.4. The lowest BCUT2D eigenvalue weighted by Gasteiger charge is -2.39. The van der Waals surface area contributed by atoms with E-state index in [4.69, 9.17) is 19.2 Å². The van der Waals surface area contributed by atoms with Gasteiger partial charge in [-0.1, -0.05) is 42.5 Å². The summed E-state index contributed by atoms with van der Waals surface area (Å²) in [5.41, 5.74) is 1.70. The zero-order valence-electron chi connectivity index (χ0n) is 31.6. The summed E-state index contributed by atoms with van der Waals surface area (Å²) in [5.74, 6) is 1.60. The van der Waals surface area contributed by atoms with E-state index in [2.05, 4.69) is 4.90 Å². The average molecular weight is 741 g/mol. The predicted molar refractivity (Wildman–Crippen MR) is 204 cm³/mol. The Hall–Kier alpha value is -5.00. The Morgan fingerprint density at radius 1 is 0.815 bits per heavy atom. The first-order chi connectivity index (χ1) is 26.1. The molecule has 2 aliphatic heterocycles. The maximum absolute atomic E-state index is 14.5. The van der Waals surface area contributed by atoms with Gasteiger partial charge in [0.25, 0.3) is 0 Å². The summed E-state index contributed by atoms with van der Waals surface area (Å²) in [7, 11) is 4.70. The number of ether oxygens (including phenoxy) is 3. The molecule has 0 saturated carbocycles. The van der Waals surface area contributed by atoms with Crippen molar-refractivity contribution in [3.8, 4) is 17.2 Å². The van der Waals surface area contributed by atoms with Crippen molar-refractivity contribution in [3.05, 3.63) is 125 Å². The van der Waals surface area contributed by atoms with Gasteiger partial charge in [-0.15, -0.1) is 0 Å². The number of imidazole rings is 1. The maximum atomic E-state index is 14.5. The number of carbonyl (C=O) groups excluding carboxylic acids is 1. The summed E-state index contributed by atoms with van der Waals surface area (Å²) in [5, 5.41) is 12.1. The molecule has 54 heavy (non-hydrogen) atoms. The standard InChI is InChI=1S/C43H50F2N4O5/c1-5-6-7-8-36-28-46-40(49(36)30-32-11-15-35(45)16-12-32)43(51)19-22-47(23-20-43)21-17-42(27-31-9-13-34(44)14-10-31)18-24-48(41(42)50)29-33-25-37(52-2)39(54-4)38(26-33)53-3/h5-16,25-26,28,51H,17-24,27,29-30H2,1-4H3. The lowest BCUT2D eigenvalue weighted by atomic mass is 9.76. The molecule has 11 heteroatoms. The van der Waals surface area contributed by atoms with Crippen LogP contribution in [0.15, 0.2) is 85.1 Å². The van der Waals surface area contributed by atoms with E-state index in [0.29, 0.717) is 94.4 Å². The molecule has 1 unspecified atom stereocenters. The molecular formula is C43H50F2N4O5. The van der Waals surface area contributed by atoms with Crippen LogP contribution in [0.25, 0.3) is 6.08 Å². The normalized spacial score (nSPS) is 18.9. The van der Waals surface area contributed by atoms with E-state index in [1.54, 1.807) is 51.8 Å². The monoisotopic (exact) mass is 740 g/mol. The van der Waals surface area contributed by atoms with Crippen LogP contribution in [0, 0.1) is 17.0 Å². The Balaban J connectivity index is 1.18. The highest BCUT2D eigenvalue weighted by Gasteiger charge is 2.47. The number of carbonyl (C=O) groups is 1. The second-order valence-electron chi connectivity index (χ2n) is 14.3. The number of hydrogen-bond acceptors (Lipinski definition) is 7. The molecule has 2 fully saturated rings. The highest BCUT2D eigenvalue weighted by Crippen LogP contribution is 2.43. The third kappa shape index (κ3) is 8.53. The topological polar surface area (TPSA) is 89.3 Å². The van der Waals surface area contributed by atoms with Gasteiger partial charge in [0.15, 0.2) is 11.5 Å². The lowest BCUT2D eigenvalue weighted by molar-refractivity contribution is -0.137. The summed E-state index contributed by atoms with van der Waals surface area (Å²) in [6, 6.07) is 16.6. The third-order valence-electron chi connectivity index (χ3n) is 10.9. The molecule has 2 aliphatic rings. The van der Waals surface area contributed by atoms with Crippen LogP contribution in [0.3, 0.4) is 0 Å². The lowest BCUT2D eigenvalue weighted by Crippen LogP contribution is -2.46. The molecule has 3 heterocycles. The molecule has 2 saturated heterocycles. The van der Waals surface area contributed by atoms with E-state index in [1.165, 1.54) is 24.3 Å². The van der Waals surface area contributed by atoms with Gasteiger partial charge >= 0.3 is 0 Å². The quantitative estimate of drug-likeness (QED) is 0.130. The number of piperidine rings is 1. The summed E-state index contributed by atoms with van der Waals surface area (Å²) in [6.07, 6.45) is 12.3. The molecule has 1 aromatic heterocycles. The number of hydrogen-bond donors (Lipinski definition) is 1. The van der Waals surface area contributed by atoms with Crippen molar-refractivity contribution in [1.82, 2.24) is 19.4 Å². The molecule has 1 atom stereocenters. The minimum absolute atomic E-state index is 0.0652. The number of rotatable bonds is 15. The number of allylic oxidation sites excluding steroid dienone is 3. The van der Waals surface area contributed by atoms with Gasteiger partial charge in [-0.2, -0.15) is 0 Å². The molecule has 3 aromatic carbocycles. The minimum atomic E-state index is -1.16. The molecule has 0 aliphatic carbocycles. The van der Waals surface area contributed by atoms with Gasteiger partial charge in [0, 0.05) is 32.7 Å². The summed E-state index contributed by atoms with van der Waals surface area (Å²) in [6.45, 7) is 5.27. The SMILES string of the molecule is CC=CC=Cc1cnc(C2(O)CCN(CCC3(Cc4ccc(F)cc4)CCN(Cc4cc(OC)c(OC)c(OC)c4)C3=O)CC2)n1Cc1ccc(F)cc1. The Morgan fingerprint density at radius 2 is 1.44 bits per heavy atom. The molecule has 1 amide bonds. The first-order valence-electron chi connectivity index (χ1n) is 18.5. The van der Waals surface area contributed by atoms with Crippen molar-refractivity contribution in [3.63, 3.8) is 0 Å². The fourth-order valence-electron chi connectivity index (χ4n) is 7.81. The van der Waals surface area contributed by atoms with Gasteiger partial charge in [0.1, 0.15) is 23.1 Å². The zero-order valence-corrected chi connectivity index (χ0v) is 31.6. The van der Waals surface area contributed by atoms with Crippen molar-refractivity contribution in [1.29, 1.82) is 0 Å². The van der Waals surface area contributed by atoms with E-state index in [1.807, 2.05) is 52.8 Å². The van der Waals surface area contributed by atoms with Gasteiger partial charge in [-0.25, -0.2) is 13.8 Å². The first kappa shape index (κ1) is 38.7. The number of aliphatic hydroxyl groups is 1. The molecule has 4 aromatic rings. The van der Waals surface area contributed by atoms with Crippen molar-refractivity contribution < 1.29 is 32.9 Å². The predicted octanol–water partition coefficient (Wildman–Crippen LogP) is 7.16. The van der Waals surface area contributed by atoms with Gasteiger partial charge in [0.2, 0.25) is 11.7 Å². The van der Waals surface area contributed by atoms with Gasteiger partial charge in [-0.05, 0) is 105 Å². The first-order valence-corrected chi connectivity index (χ1v) is 18.5. The number of nitrogens with zero attached hydrogens (tertiary/aromatic N) is 4. The van der Waals surface area contributed by atoms with E-state index >= 15 is 0 Å². The third-order valence-corrected chi connectivity index (χ3v) is 10.9. The van der Waals surface area contributed by atoms with E-state index in [9.17, 15) is 18.7 Å². The highest BCUT2D eigenvalue weighted by atomic mass is 19.1. The zero-order chi connectivity index (χ0) is 38.3. The highest BCUT2D eigenvalue weighted by molar-refractivity contribution is 5.85. The fourth-order valence-corrected chi connectivity index (χ4v) is 7.81. The Kier molecular flexibility index (Phi) is 12.2. The van der Waals surface area contributed by atoms with Crippen LogP contribution in [-0.4, -0.2) is 77.9 Å². The number of likely N-dealkylation sites (tertiary alicyclic amines) is 2. The number of halogens is 2. The minimum Gasteiger partial charge on any atom is -0.493 e. The fraction of sp³-hybridized carbons (Fsp3) is 0.395. The molecule has 0 spiro atoms. The number of amides is 1. The Labute approximate surface area is 316 Å². The Morgan fingerprint density at radius 3 is 2.04 bits per heavy atom. The van der Waals surface area contributed by atoms with Crippen LogP contribution in [0.5, 0.6) is 17.2 Å². The smallest absolute Gasteiger partial charge is 0.229 e. The van der Waals surface area contributed by atoms with Crippen LogP contribution >= 0.6 is 0 Å². The van der Waals surface area contributed by atoms with Crippen LogP contribution in [0.4, 0.5) is 8.78 Å². The van der Waals surface area contributed by atoms with Crippen molar-refractivity contribution >= 4 is 12.0 Å². The molecule has 0 radical (unpaired) electrons. The van der Waals surface area contributed by atoms with Crippen molar-refractivity contribution in [2.24, 2.45) is 5.41 Å². The number of methoxy groups -OCH3 is 3. The van der Waals surface area contributed by atoms with Crippen LogP contribution in [0.1, 0.15) is 60.8 Å². The van der Waals surface area contributed by atoms with E-state index in [0.717, 1.165) is 22.4 Å². The van der Waals surface area contributed by atoms with Crippen LogP contribution in [0.2, 0.25) is 0 Å². The number of benzene rings is 3. The number of aromatic nitrogens is 2. The molecular weight excluding hydrogens is 690 g/mol.